The van der Waals surface area contributed by atoms with E-state index in [9.17, 15) is 4.79 Å². The Morgan fingerprint density at radius 1 is 1.19 bits per heavy atom. The predicted octanol–water partition coefficient (Wildman–Crippen LogP) is 5.18. The number of aromatic nitrogens is 2. The second-order valence-electron chi connectivity index (χ2n) is 6.13. The number of rotatable bonds is 5. The molecule has 27 heavy (non-hydrogen) atoms. The smallest absolute Gasteiger partial charge is 0.340 e. The molecule has 3 heterocycles. The Morgan fingerprint density at radius 3 is 2.81 bits per heavy atom. The Balaban J connectivity index is 1.57. The average molecular weight is 378 g/mol. The lowest BCUT2D eigenvalue weighted by Crippen LogP contribution is -2.12. The molecule has 0 aliphatic carbocycles. The minimum atomic E-state index is -0.386. The number of hydrogen-bond acceptors (Lipinski definition) is 6. The van der Waals surface area contributed by atoms with Crippen molar-refractivity contribution >= 4 is 28.2 Å². The molecule has 5 nitrogen and oxygen atoms in total. The molecule has 0 atom stereocenters. The first kappa shape index (κ1) is 17.4. The molecule has 0 radical (unpaired) electrons. The molecule has 4 rings (SSSR count). The molecule has 1 aromatic carbocycles. The van der Waals surface area contributed by atoms with Crippen molar-refractivity contribution in [3.05, 3.63) is 70.6 Å². The number of ether oxygens (including phenoxy) is 1. The Kier molecular flexibility index (Phi) is 4.73. The van der Waals surface area contributed by atoms with Gasteiger partial charge in [-0.3, -0.25) is 4.98 Å². The SMILES string of the molecule is CCc1nc2ccccc2c(C)c1C(=O)OCc1coc(-c2cccs2)n1. The molecular weight excluding hydrogens is 360 g/mol. The first-order valence-electron chi connectivity index (χ1n) is 8.71. The van der Waals surface area contributed by atoms with Gasteiger partial charge in [0.1, 0.15) is 18.6 Å². The molecule has 136 valence electrons. The van der Waals surface area contributed by atoms with Gasteiger partial charge >= 0.3 is 5.97 Å². The zero-order chi connectivity index (χ0) is 18.8. The van der Waals surface area contributed by atoms with E-state index in [0.29, 0.717) is 23.6 Å². The van der Waals surface area contributed by atoms with Crippen LogP contribution in [0, 0.1) is 6.92 Å². The van der Waals surface area contributed by atoms with Crippen molar-refractivity contribution in [1.82, 2.24) is 9.97 Å². The number of esters is 1. The van der Waals surface area contributed by atoms with Crippen LogP contribution in [-0.4, -0.2) is 15.9 Å². The van der Waals surface area contributed by atoms with E-state index in [1.54, 1.807) is 11.3 Å². The Bertz CT molecular complexity index is 1100. The molecular formula is C21H18N2O3S. The third-order valence-corrected chi connectivity index (χ3v) is 5.26. The molecule has 0 saturated carbocycles. The summed E-state index contributed by atoms with van der Waals surface area (Å²) < 4.78 is 11.0. The second kappa shape index (κ2) is 7.32. The molecule has 0 amide bonds. The van der Waals surface area contributed by atoms with Crippen molar-refractivity contribution in [2.24, 2.45) is 0 Å². The van der Waals surface area contributed by atoms with Gasteiger partial charge < -0.3 is 9.15 Å². The number of benzene rings is 1. The van der Waals surface area contributed by atoms with Crippen LogP contribution in [0.15, 0.2) is 52.5 Å². The third-order valence-electron chi connectivity index (χ3n) is 4.40. The maximum Gasteiger partial charge on any atom is 0.340 e. The van der Waals surface area contributed by atoms with Crippen LogP contribution in [-0.2, 0) is 17.8 Å². The van der Waals surface area contributed by atoms with E-state index in [2.05, 4.69) is 9.97 Å². The second-order valence-corrected chi connectivity index (χ2v) is 7.07. The van der Waals surface area contributed by atoms with E-state index >= 15 is 0 Å². The molecule has 0 bridgehead atoms. The number of nitrogens with zero attached hydrogens (tertiary/aromatic N) is 2. The average Bonchev–Trinajstić information content (AvgIpc) is 3.37. The van der Waals surface area contributed by atoms with Gasteiger partial charge in [-0.2, -0.15) is 0 Å². The predicted molar refractivity (Wildman–Crippen MR) is 105 cm³/mol. The summed E-state index contributed by atoms with van der Waals surface area (Å²) in [5.41, 5.74) is 3.65. The van der Waals surface area contributed by atoms with Gasteiger partial charge in [-0.25, -0.2) is 9.78 Å². The van der Waals surface area contributed by atoms with E-state index < -0.39 is 0 Å². The molecule has 0 spiro atoms. The fourth-order valence-electron chi connectivity index (χ4n) is 3.07. The van der Waals surface area contributed by atoms with Crippen molar-refractivity contribution in [3.63, 3.8) is 0 Å². The number of oxazole rings is 1. The van der Waals surface area contributed by atoms with Gasteiger partial charge in [0.25, 0.3) is 0 Å². The van der Waals surface area contributed by atoms with Crippen molar-refractivity contribution in [1.29, 1.82) is 0 Å². The number of para-hydroxylation sites is 1. The summed E-state index contributed by atoms with van der Waals surface area (Å²) in [6, 6.07) is 11.7. The summed E-state index contributed by atoms with van der Waals surface area (Å²) in [7, 11) is 0. The Labute approximate surface area is 160 Å². The van der Waals surface area contributed by atoms with Gasteiger partial charge in [-0.15, -0.1) is 11.3 Å². The van der Waals surface area contributed by atoms with Crippen molar-refractivity contribution < 1.29 is 13.9 Å². The van der Waals surface area contributed by atoms with Crippen LogP contribution >= 0.6 is 11.3 Å². The lowest BCUT2D eigenvalue weighted by molar-refractivity contribution is 0.0465. The molecule has 0 aliphatic heterocycles. The van der Waals surface area contributed by atoms with Gasteiger partial charge in [0.05, 0.1) is 21.7 Å². The van der Waals surface area contributed by atoms with E-state index in [4.69, 9.17) is 9.15 Å². The quantitative estimate of drug-likeness (QED) is 0.448. The molecule has 0 aliphatic rings. The molecule has 0 unspecified atom stereocenters. The van der Waals surface area contributed by atoms with E-state index in [0.717, 1.165) is 27.0 Å². The largest absolute Gasteiger partial charge is 0.455 e. The number of thiophene rings is 1. The third kappa shape index (κ3) is 3.36. The number of aryl methyl sites for hydroxylation is 2. The lowest BCUT2D eigenvalue weighted by atomic mass is 10.0. The number of carbonyl (C=O) groups is 1. The van der Waals surface area contributed by atoms with Crippen LogP contribution in [0.3, 0.4) is 0 Å². The Hall–Kier alpha value is -2.99. The molecule has 4 aromatic rings. The van der Waals surface area contributed by atoms with Crippen LogP contribution in [0.1, 0.15) is 34.2 Å². The lowest BCUT2D eigenvalue weighted by Gasteiger charge is -2.13. The summed E-state index contributed by atoms with van der Waals surface area (Å²) in [5, 5.41) is 2.92. The summed E-state index contributed by atoms with van der Waals surface area (Å²) in [5.74, 6) is 0.150. The molecule has 0 saturated heterocycles. The van der Waals surface area contributed by atoms with E-state index in [-0.39, 0.29) is 12.6 Å². The Morgan fingerprint density at radius 2 is 2.04 bits per heavy atom. The highest BCUT2D eigenvalue weighted by Gasteiger charge is 2.20. The number of pyridine rings is 1. The van der Waals surface area contributed by atoms with Crippen LogP contribution < -0.4 is 0 Å². The minimum Gasteiger partial charge on any atom is -0.455 e. The van der Waals surface area contributed by atoms with Crippen molar-refractivity contribution in [3.8, 4) is 10.8 Å². The monoisotopic (exact) mass is 378 g/mol. The zero-order valence-corrected chi connectivity index (χ0v) is 15.9. The van der Waals surface area contributed by atoms with Crippen molar-refractivity contribution in [2.75, 3.05) is 0 Å². The van der Waals surface area contributed by atoms with Gasteiger partial charge in [0.15, 0.2) is 0 Å². The first-order valence-corrected chi connectivity index (χ1v) is 9.59. The van der Waals surface area contributed by atoms with Crippen LogP contribution in [0.25, 0.3) is 21.7 Å². The number of hydrogen-bond donors (Lipinski definition) is 0. The standard InChI is InChI=1S/C21H18N2O3S/c1-3-16-19(13(2)15-7-4-5-8-17(15)23-16)21(24)26-12-14-11-25-20(22-14)18-9-6-10-27-18/h4-11H,3,12H2,1-2H3. The minimum absolute atomic E-state index is 0.0587. The van der Waals surface area contributed by atoms with Crippen molar-refractivity contribution in [2.45, 2.75) is 26.9 Å². The molecule has 0 N–H and O–H groups in total. The summed E-state index contributed by atoms with van der Waals surface area (Å²) >= 11 is 1.55. The van der Waals surface area contributed by atoms with Crippen LogP contribution in [0.4, 0.5) is 0 Å². The normalized spacial score (nSPS) is 11.0. The number of fused-ring (bicyclic) bond motifs is 1. The molecule has 3 aromatic heterocycles. The maximum absolute atomic E-state index is 12.8. The van der Waals surface area contributed by atoms with Gasteiger partial charge in [0, 0.05) is 5.39 Å². The van der Waals surface area contributed by atoms with Gasteiger partial charge in [0.2, 0.25) is 5.89 Å². The summed E-state index contributed by atoms with van der Waals surface area (Å²) in [4.78, 5) is 22.7. The number of carbonyl (C=O) groups excluding carboxylic acids is 1. The molecule has 0 fully saturated rings. The zero-order valence-electron chi connectivity index (χ0n) is 15.1. The fourth-order valence-corrected chi connectivity index (χ4v) is 3.72. The summed E-state index contributed by atoms with van der Waals surface area (Å²) in [6.07, 6.45) is 2.18. The van der Waals surface area contributed by atoms with Crippen LogP contribution in [0.2, 0.25) is 0 Å². The highest BCUT2D eigenvalue weighted by Crippen LogP contribution is 2.26. The summed E-state index contributed by atoms with van der Waals surface area (Å²) in [6.45, 7) is 3.98. The molecule has 6 heteroatoms. The van der Waals surface area contributed by atoms with E-state index in [1.165, 1.54) is 6.26 Å². The highest BCUT2D eigenvalue weighted by molar-refractivity contribution is 7.13. The fraction of sp³-hybridized carbons (Fsp3) is 0.190. The van der Waals surface area contributed by atoms with Gasteiger partial charge in [-0.1, -0.05) is 31.2 Å². The van der Waals surface area contributed by atoms with Crippen LogP contribution in [0.5, 0.6) is 0 Å². The first-order chi connectivity index (χ1) is 13.2. The highest BCUT2D eigenvalue weighted by atomic mass is 32.1. The maximum atomic E-state index is 12.8. The van der Waals surface area contributed by atoms with Gasteiger partial charge in [-0.05, 0) is 36.4 Å². The topological polar surface area (TPSA) is 65.2 Å². The van der Waals surface area contributed by atoms with E-state index in [1.807, 2.05) is 55.6 Å².